The summed E-state index contributed by atoms with van der Waals surface area (Å²) in [5, 5.41) is 3.13. The second-order valence-electron chi connectivity index (χ2n) is 7.14. The van der Waals surface area contributed by atoms with Crippen molar-refractivity contribution in [1.82, 2.24) is 9.13 Å². The minimum Gasteiger partial charge on any atom is -0.435 e. The summed E-state index contributed by atoms with van der Waals surface area (Å²) in [5.74, 6) is -0.432. The number of carbonyl (C=O) groups is 1. The predicted octanol–water partition coefficient (Wildman–Crippen LogP) is 2.25. The van der Waals surface area contributed by atoms with Crippen LogP contribution in [-0.4, -0.2) is 21.5 Å². The van der Waals surface area contributed by atoms with Crippen LogP contribution in [0.3, 0.4) is 0 Å². The Bertz CT molecular complexity index is 1150. The number of carbonyl (C=O) groups excluding carboxylic acids is 1. The molecule has 2 aliphatic rings. The van der Waals surface area contributed by atoms with Gasteiger partial charge in [-0.05, 0) is 30.5 Å². The van der Waals surface area contributed by atoms with Crippen LogP contribution in [0, 0.1) is 0 Å². The van der Waals surface area contributed by atoms with E-state index in [1.807, 2.05) is 0 Å². The van der Waals surface area contributed by atoms with Gasteiger partial charge in [-0.2, -0.15) is 8.78 Å². The molecule has 0 spiro atoms. The lowest BCUT2D eigenvalue weighted by Gasteiger charge is -2.34. The van der Waals surface area contributed by atoms with Gasteiger partial charge in [-0.1, -0.05) is 12.1 Å². The van der Waals surface area contributed by atoms with E-state index in [1.54, 1.807) is 19.2 Å². The van der Waals surface area contributed by atoms with Crippen molar-refractivity contribution in [3.05, 3.63) is 67.5 Å². The summed E-state index contributed by atoms with van der Waals surface area (Å²) in [6.45, 7) is -2.95. The first kappa shape index (κ1) is 19.1. The van der Waals surface area contributed by atoms with Gasteiger partial charge in [-0.3, -0.25) is 18.7 Å². The van der Waals surface area contributed by atoms with Crippen LogP contribution in [-0.2, 0) is 18.9 Å². The Hall–Kier alpha value is -3.23. The molecule has 0 saturated carbocycles. The molecule has 1 N–H and O–H groups in total. The van der Waals surface area contributed by atoms with Gasteiger partial charge >= 0.3 is 12.3 Å². The largest absolute Gasteiger partial charge is 0.435 e. The number of hydrogen-bond acceptors (Lipinski definition) is 5. The van der Waals surface area contributed by atoms with Crippen molar-refractivity contribution < 1.29 is 18.3 Å². The summed E-state index contributed by atoms with van der Waals surface area (Å²) in [5.41, 5.74) is 1.07. The molecule has 1 aliphatic carbocycles. The number of ketones is 1. The molecule has 152 valence electrons. The lowest BCUT2D eigenvalue weighted by molar-refractivity contribution is -0.116. The van der Waals surface area contributed by atoms with Crippen LogP contribution in [0.2, 0.25) is 0 Å². The van der Waals surface area contributed by atoms with Gasteiger partial charge in [0, 0.05) is 37.7 Å². The molecule has 0 bridgehead atoms. The molecular formula is C20H19F2N3O4. The van der Waals surface area contributed by atoms with Crippen molar-refractivity contribution in [3.8, 4) is 5.75 Å². The molecular weight excluding hydrogens is 384 g/mol. The van der Waals surface area contributed by atoms with Crippen molar-refractivity contribution in [1.29, 1.82) is 0 Å². The van der Waals surface area contributed by atoms with Crippen molar-refractivity contribution in [2.45, 2.75) is 31.8 Å². The third-order valence-electron chi connectivity index (χ3n) is 5.44. The number of fused-ring (bicyclic) bond motifs is 1. The Kier molecular flexibility index (Phi) is 4.60. The molecule has 7 nitrogen and oxygen atoms in total. The predicted molar refractivity (Wildman–Crippen MR) is 101 cm³/mol. The summed E-state index contributed by atoms with van der Waals surface area (Å²) in [6.07, 6.45) is 1.66. The van der Waals surface area contributed by atoms with Crippen molar-refractivity contribution >= 4 is 11.6 Å². The van der Waals surface area contributed by atoms with E-state index in [2.05, 4.69) is 10.1 Å². The SMILES string of the molecule is Cn1c2c(c(=O)n(C)c1=O)C(c1ccc(OC(F)F)cc1)C1=C(CCCC1=O)N2. The van der Waals surface area contributed by atoms with E-state index in [1.165, 1.54) is 23.7 Å². The first-order valence-corrected chi connectivity index (χ1v) is 9.17. The molecule has 1 atom stereocenters. The Balaban J connectivity index is 1.95. The molecule has 2 heterocycles. The minimum absolute atomic E-state index is 0.0181. The zero-order valence-corrected chi connectivity index (χ0v) is 15.9. The van der Waals surface area contributed by atoms with Gasteiger partial charge in [0.2, 0.25) is 0 Å². The zero-order chi connectivity index (χ0) is 20.9. The normalized spacial score (nSPS) is 18.4. The van der Waals surface area contributed by atoms with E-state index in [4.69, 9.17) is 0 Å². The molecule has 2 aromatic rings. The van der Waals surface area contributed by atoms with Crippen molar-refractivity contribution in [2.75, 3.05) is 5.32 Å². The lowest BCUT2D eigenvalue weighted by atomic mass is 9.76. The number of aromatic nitrogens is 2. The second kappa shape index (κ2) is 6.98. The zero-order valence-electron chi connectivity index (χ0n) is 15.9. The molecule has 29 heavy (non-hydrogen) atoms. The summed E-state index contributed by atoms with van der Waals surface area (Å²) in [6, 6.07) is 5.88. The maximum absolute atomic E-state index is 13.0. The number of halogens is 2. The first-order chi connectivity index (χ1) is 13.8. The van der Waals surface area contributed by atoms with Crippen molar-refractivity contribution in [2.24, 2.45) is 14.1 Å². The molecule has 0 radical (unpaired) electrons. The van der Waals surface area contributed by atoms with Crippen LogP contribution in [0.15, 0.2) is 45.1 Å². The summed E-state index contributed by atoms with van der Waals surface area (Å²) in [7, 11) is 2.94. The van der Waals surface area contributed by atoms with Gasteiger partial charge in [-0.25, -0.2) is 4.79 Å². The standard InChI is InChI=1S/C20H19F2N3O4/c1-24-17-16(18(27)25(2)20(24)28)14(15-12(23-17)4-3-5-13(15)26)10-6-8-11(9-7-10)29-19(21)22/h6-9,14,19,23H,3-5H2,1-2H3. The Morgan fingerprint density at radius 2 is 1.76 bits per heavy atom. The molecule has 0 fully saturated rings. The van der Waals surface area contributed by atoms with Gasteiger partial charge < -0.3 is 10.1 Å². The van der Waals surface area contributed by atoms with Gasteiger partial charge in [-0.15, -0.1) is 0 Å². The van der Waals surface area contributed by atoms with E-state index in [9.17, 15) is 23.2 Å². The number of Topliss-reactive ketones (excluding diaryl/α,β-unsaturated/α-hetero) is 1. The molecule has 1 unspecified atom stereocenters. The fraction of sp³-hybridized carbons (Fsp3) is 0.350. The summed E-state index contributed by atoms with van der Waals surface area (Å²) in [4.78, 5) is 38.2. The van der Waals surface area contributed by atoms with E-state index in [0.717, 1.165) is 4.57 Å². The van der Waals surface area contributed by atoms with Gasteiger partial charge in [0.15, 0.2) is 5.78 Å². The average molecular weight is 403 g/mol. The highest BCUT2D eigenvalue weighted by molar-refractivity contribution is 6.00. The summed E-state index contributed by atoms with van der Waals surface area (Å²) < 4.78 is 31.7. The number of alkyl halides is 2. The van der Waals surface area contributed by atoms with Crippen molar-refractivity contribution in [3.63, 3.8) is 0 Å². The highest BCUT2D eigenvalue weighted by atomic mass is 19.3. The topological polar surface area (TPSA) is 82.3 Å². The number of ether oxygens (including phenoxy) is 1. The Morgan fingerprint density at radius 1 is 1.07 bits per heavy atom. The van der Waals surface area contributed by atoms with Gasteiger partial charge in [0.25, 0.3) is 5.56 Å². The first-order valence-electron chi connectivity index (χ1n) is 9.17. The van der Waals surface area contributed by atoms with E-state index in [0.29, 0.717) is 41.9 Å². The quantitative estimate of drug-likeness (QED) is 0.850. The Morgan fingerprint density at radius 3 is 2.41 bits per heavy atom. The van der Waals surface area contributed by atoms with Gasteiger partial charge in [0.05, 0.1) is 5.56 Å². The number of allylic oxidation sites excluding steroid dienone is 2. The Labute approximate surface area is 164 Å². The lowest BCUT2D eigenvalue weighted by Crippen LogP contribution is -2.44. The third kappa shape index (κ3) is 3.06. The maximum Gasteiger partial charge on any atom is 0.387 e. The van der Waals surface area contributed by atoms with Crippen LogP contribution < -0.4 is 21.3 Å². The number of rotatable bonds is 3. The van der Waals surface area contributed by atoms with Crippen LogP contribution in [0.25, 0.3) is 0 Å². The minimum atomic E-state index is -2.95. The number of anilines is 1. The smallest absolute Gasteiger partial charge is 0.387 e. The average Bonchev–Trinajstić information content (AvgIpc) is 2.69. The van der Waals surface area contributed by atoms with E-state index < -0.39 is 23.8 Å². The summed E-state index contributed by atoms with van der Waals surface area (Å²) >= 11 is 0. The molecule has 9 heteroatoms. The molecule has 0 amide bonds. The molecule has 4 rings (SSSR count). The molecule has 1 aromatic carbocycles. The number of nitrogens with zero attached hydrogens (tertiary/aromatic N) is 2. The van der Waals surface area contributed by atoms with Crippen LogP contribution >= 0.6 is 0 Å². The maximum atomic E-state index is 13.0. The molecule has 1 aromatic heterocycles. The van der Waals surface area contributed by atoms with E-state index >= 15 is 0 Å². The fourth-order valence-corrected chi connectivity index (χ4v) is 4.07. The van der Waals surface area contributed by atoms with Crippen LogP contribution in [0.1, 0.15) is 36.3 Å². The molecule has 0 saturated heterocycles. The number of benzene rings is 1. The van der Waals surface area contributed by atoms with Gasteiger partial charge in [0.1, 0.15) is 11.6 Å². The number of nitrogens with one attached hydrogen (secondary N) is 1. The fourth-order valence-electron chi connectivity index (χ4n) is 4.07. The highest BCUT2D eigenvalue weighted by Crippen LogP contribution is 2.43. The third-order valence-corrected chi connectivity index (χ3v) is 5.44. The van der Waals surface area contributed by atoms with Crippen LogP contribution in [0.4, 0.5) is 14.6 Å². The number of hydrogen-bond donors (Lipinski definition) is 1. The highest BCUT2D eigenvalue weighted by Gasteiger charge is 2.38. The molecule has 1 aliphatic heterocycles. The monoisotopic (exact) mass is 403 g/mol. The second-order valence-corrected chi connectivity index (χ2v) is 7.14. The van der Waals surface area contributed by atoms with Crippen LogP contribution in [0.5, 0.6) is 5.75 Å². The van der Waals surface area contributed by atoms with E-state index in [-0.39, 0.29) is 17.1 Å².